The van der Waals surface area contributed by atoms with E-state index in [1.54, 1.807) is 0 Å². The van der Waals surface area contributed by atoms with E-state index in [-0.39, 0.29) is 11.6 Å². The summed E-state index contributed by atoms with van der Waals surface area (Å²) in [7, 11) is -2.83. The molecule has 0 aliphatic heterocycles. The van der Waals surface area contributed by atoms with Gasteiger partial charge in [0.05, 0.1) is 11.8 Å². The maximum atomic E-state index is 13.8. The first-order chi connectivity index (χ1) is 12.2. The van der Waals surface area contributed by atoms with Crippen LogP contribution in [0.15, 0.2) is 60.7 Å². The highest BCUT2D eigenvalue weighted by atomic mass is 28.4. The maximum absolute atomic E-state index is 13.8. The fourth-order valence-corrected chi connectivity index (χ4v) is 8.38. The van der Waals surface area contributed by atoms with Crippen molar-refractivity contribution in [1.29, 1.82) is 0 Å². The van der Waals surface area contributed by atoms with Crippen LogP contribution in [-0.2, 0) is 9.22 Å². The smallest absolute Gasteiger partial charge is 0.263 e. The zero-order valence-corrected chi connectivity index (χ0v) is 16.3. The fourth-order valence-electron chi connectivity index (χ4n) is 3.79. The van der Waals surface area contributed by atoms with Crippen LogP contribution >= 0.6 is 0 Å². The van der Waals surface area contributed by atoms with Gasteiger partial charge in [0.1, 0.15) is 6.29 Å². The van der Waals surface area contributed by atoms with Crippen molar-refractivity contribution in [3.05, 3.63) is 60.7 Å². The second-order valence-electron chi connectivity index (χ2n) is 7.92. The molecule has 1 fully saturated rings. The Morgan fingerprint density at radius 1 is 1.00 bits per heavy atom. The number of benzene rings is 2. The van der Waals surface area contributed by atoms with E-state index in [1.807, 2.05) is 60.7 Å². The summed E-state index contributed by atoms with van der Waals surface area (Å²) >= 11 is 0. The van der Waals surface area contributed by atoms with Gasteiger partial charge in [-0.1, -0.05) is 81.4 Å². The third-order valence-corrected chi connectivity index (χ3v) is 10.3. The largest absolute Gasteiger partial charge is 0.407 e. The summed E-state index contributed by atoms with van der Waals surface area (Å²) in [6, 6.07) is 19.8. The van der Waals surface area contributed by atoms with Gasteiger partial charge < -0.3 is 9.22 Å². The molecule has 0 radical (unpaired) electrons. The van der Waals surface area contributed by atoms with E-state index >= 15 is 0 Å². The Labute approximate surface area is 154 Å². The molecular formula is C21H24F2O2Si. The molecule has 2 aromatic carbocycles. The molecule has 1 aliphatic rings. The van der Waals surface area contributed by atoms with Gasteiger partial charge in [0, 0.05) is 6.61 Å². The average Bonchev–Trinajstić information content (AvgIpc) is 3.15. The lowest BCUT2D eigenvalue weighted by Gasteiger charge is -2.43. The van der Waals surface area contributed by atoms with Crippen molar-refractivity contribution < 1.29 is 18.0 Å². The first-order valence-corrected chi connectivity index (χ1v) is 10.7. The Morgan fingerprint density at radius 2 is 1.46 bits per heavy atom. The van der Waals surface area contributed by atoms with Crippen LogP contribution in [0, 0.1) is 11.8 Å². The van der Waals surface area contributed by atoms with Crippen LogP contribution in [0.4, 0.5) is 8.78 Å². The predicted molar refractivity (Wildman–Crippen MR) is 102 cm³/mol. The Kier molecular flexibility index (Phi) is 4.88. The maximum Gasteiger partial charge on any atom is 0.263 e. The summed E-state index contributed by atoms with van der Waals surface area (Å²) in [6.45, 7) is 6.19. The van der Waals surface area contributed by atoms with Gasteiger partial charge >= 0.3 is 0 Å². The molecule has 2 unspecified atom stereocenters. The van der Waals surface area contributed by atoms with Crippen molar-refractivity contribution in [2.45, 2.75) is 31.7 Å². The molecular weight excluding hydrogens is 350 g/mol. The summed E-state index contributed by atoms with van der Waals surface area (Å²) in [5.74, 6) is -5.20. The lowest BCUT2D eigenvalue weighted by molar-refractivity contribution is -0.110. The molecule has 0 aromatic heterocycles. The number of rotatable bonds is 6. The van der Waals surface area contributed by atoms with Gasteiger partial charge in [-0.15, -0.1) is 0 Å². The minimum atomic E-state index is -2.95. The molecule has 0 spiro atoms. The van der Waals surface area contributed by atoms with E-state index in [0.717, 1.165) is 10.4 Å². The number of hydrogen-bond acceptors (Lipinski definition) is 2. The van der Waals surface area contributed by atoms with Crippen molar-refractivity contribution in [2.24, 2.45) is 11.8 Å². The molecule has 0 N–H and O–H groups in total. The lowest BCUT2D eigenvalue weighted by Crippen LogP contribution is -2.66. The quantitative estimate of drug-likeness (QED) is 0.570. The van der Waals surface area contributed by atoms with Gasteiger partial charge in [-0.3, -0.25) is 0 Å². The van der Waals surface area contributed by atoms with Crippen LogP contribution in [0.5, 0.6) is 0 Å². The van der Waals surface area contributed by atoms with Crippen molar-refractivity contribution in [3.63, 3.8) is 0 Å². The lowest BCUT2D eigenvalue weighted by atomic mass is 10.2. The molecule has 0 heterocycles. The topological polar surface area (TPSA) is 26.3 Å². The Morgan fingerprint density at radius 3 is 1.81 bits per heavy atom. The number of alkyl halides is 2. The van der Waals surface area contributed by atoms with Crippen LogP contribution in [0.1, 0.15) is 20.8 Å². The molecule has 2 aromatic rings. The molecule has 138 valence electrons. The molecule has 2 atom stereocenters. The van der Waals surface area contributed by atoms with Crippen LogP contribution in [0.25, 0.3) is 0 Å². The fraction of sp³-hybridized carbons (Fsp3) is 0.381. The van der Waals surface area contributed by atoms with Crippen LogP contribution < -0.4 is 10.4 Å². The molecule has 0 saturated heterocycles. The average molecular weight is 375 g/mol. The predicted octanol–water partition coefficient (Wildman–Crippen LogP) is 3.64. The van der Waals surface area contributed by atoms with E-state index in [4.69, 9.17) is 4.43 Å². The van der Waals surface area contributed by atoms with Gasteiger partial charge in [0.25, 0.3) is 14.2 Å². The minimum Gasteiger partial charge on any atom is -0.407 e. The highest BCUT2D eigenvalue weighted by Gasteiger charge is 2.69. The second-order valence-corrected chi connectivity index (χ2v) is 12.2. The highest BCUT2D eigenvalue weighted by Crippen LogP contribution is 2.54. The van der Waals surface area contributed by atoms with Crippen molar-refractivity contribution >= 4 is 25.0 Å². The van der Waals surface area contributed by atoms with Gasteiger partial charge in [-0.05, 0) is 15.4 Å². The Balaban J connectivity index is 2.05. The van der Waals surface area contributed by atoms with Crippen LogP contribution in [0.3, 0.4) is 0 Å². The molecule has 1 saturated carbocycles. The Bertz CT molecular complexity index is 717. The SMILES string of the molecule is CC(C)(C)[Si](OCC1C(C=O)C1(F)F)(c1ccccc1)c1ccccc1. The number of aldehydes is 1. The zero-order valence-electron chi connectivity index (χ0n) is 15.3. The third-order valence-electron chi connectivity index (χ3n) is 5.31. The summed E-state index contributed by atoms with van der Waals surface area (Å²) < 4.78 is 34.1. The van der Waals surface area contributed by atoms with E-state index < -0.39 is 26.1 Å². The summed E-state index contributed by atoms with van der Waals surface area (Å²) in [4.78, 5) is 10.9. The monoisotopic (exact) mass is 374 g/mol. The van der Waals surface area contributed by atoms with Crippen molar-refractivity contribution in [3.8, 4) is 0 Å². The Hall–Kier alpha value is -1.85. The number of halogens is 2. The molecule has 1 aliphatic carbocycles. The zero-order chi connectivity index (χ0) is 19.0. The normalized spacial score (nSPS) is 22.0. The molecule has 26 heavy (non-hydrogen) atoms. The highest BCUT2D eigenvalue weighted by molar-refractivity contribution is 6.99. The molecule has 3 rings (SSSR count). The summed E-state index contributed by atoms with van der Waals surface area (Å²) in [6.07, 6.45) is 0.361. The summed E-state index contributed by atoms with van der Waals surface area (Å²) in [5.41, 5.74) is 0. The summed E-state index contributed by atoms with van der Waals surface area (Å²) in [5, 5.41) is 1.83. The van der Waals surface area contributed by atoms with E-state index in [2.05, 4.69) is 20.8 Å². The first kappa shape index (κ1) is 18.9. The minimum absolute atomic E-state index is 0.107. The van der Waals surface area contributed by atoms with Crippen LogP contribution in [0.2, 0.25) is 5.04 Å². The van der Waals surface area contributed by atoms with E-state index in [1.165, 1.54) is 0 Å². The van der Waals surface area contributed by atoms with Gasteiger partial charge in [0.15, 0.2) is 0 Å². The van der Waals surface area contributed by atoms with Gasteiger partial charge in [0.2, 0.25) is 0 Å². The first-order valence-electron chi connectivity index (χ1n) is 8.83. The van der Waals surface area contributed by atoms with E-state index in [9.17, 15) is 13.6 Å². The molecule has 0 amide bonds. The van der Waals surface area contributed by atoms with E-state index in [0.29, 0.717) is 6.29 Å². The molecule has 0 bridgehead atoms. The third kappa shape index (κ3) is 3.03. The van der Waals surface area contributed by atoms with Gasteiger partial charge in [-0.25, -0.2) is 8.78 Å². The number of hydrogen-bond donors (Lipinski definition) is 0. The van der Waals surface area contributed by atoms with Crippen LogP contribution in [-0.4, -0.2) is 27.1 Å². The molecule has 2 nitrogen and oxygen atoms in total. The van der Waals surface area contributed by atoms with Crippen molar-refractivity contribution in [1.82, 2.24) is 0 Å². The van der Waals surface area contributed by atoms with Gasteiger partial charge in [-0.2, -0.15) is 0 Å². The standard InChI is InChI=1S/C21H24F2O2Si/c1-20(2,3)26(16-10-6-4-7-11-16,17-12-8-5-9-13-17)25-15-19-18(14-24)21(19,22)23/h4-14,18-19H,15H2,1-3H3. The number of carbonyl (C=O) groups is 1. The molecule has 5 heteroatoms. The van der Waals surface area contributed by atoms with Crippen molar-refractivity contribution in [2.75, 3.05) is 6.61 Å². The second kappa shape index (κ2) is 6.71. The number of carbonyl (C=O) groups excluding carboxylic acids is 1.